The number of amides is 2. The molecule has 2 bridgehead atoms. The quantitative estimate of drug-likeness (QED) is 0.307. The van der Waals surface area contributed by atoms with Gasteiger partial charge in [-0.25, -0.2) is 14.6 Å². The summed E-state index contributed by atoms with van der Waals surface area (Å²) >= 11 is 0. The van der Waals surface area contributed by atoms with E-state index >= 15 is 0 Å². The van der Waals surface area contributed by atoms with Gasteiger partial charge in [0.2, 0.25) is 11.8 Å². The van der Waals surface area contributed by atoms with E-state index in [0.717, 1.165) is 62.3 Å². The predicted octanol–water partition coefficient (Wildman–Crippen LogP) is 6.24. The first-order valence-corrected chi connectivity index (χ1v) is 17.5. The molecule has 256 valence electrons. The number of para-hydroxylation sites is 1. The first kappa shape index (κ1) is 32.8. The van der Waals surface area contributed by atoms with E-state index in [9.17, 15) is 19.5 Å². The molecule has 3 heterocycles. The maximum absolute atomic E-state index is 14.4. The summed E-state index contributed by atoms with van der Waals surface area (Å²) in [6, 6.07) is 15.5. The third kappa shape index (κ3) is 7.17. The molecule has 2 aliphatic heterocycles. The Bertz CT molecular complexity index is 1780. The van der Waals surface area contributed by atoms with Crippen molar-refractivity contribution >= 4 is 28.9 Å². The Labute approximate surface area is 286 Å². The molecule has 2 aliphatic carbocycles. The predicted molar refractivity (Wildman–Crippen MR) is 182 cm³/mol. The van der Waals surface area contributed by atoms with Crippen LogP contribution in [0.3, 0.4) is 0 Å². The first-order valence-electron chi connectivity index (χ1n) is 17.5. The van der Waals surface area contributed by atoms with Gasteiger partial charge < -0.3 is 29.5 Å². The number of alkyl carbamates (subject to hydrolysis) is 1. The molecule has 10 nitrogen and oxygen atoms in total. The van der Waals surface area contributed by atoms with Crippen molar-refractivity contribution in [3.63, 3.8) is 0 Å². The number of ether oxygens (including phenoxy) is 3. The number of aliphatic carboxylic acids is 1. The molecular formula is C39H43N3O7. The second kappa shape index (κ2) is 14.0. The maximum Gasteiger partial charge on any atom is 0.408 e. The fourth-order valence-corrected chi connectivity index (χ4v) is 7.66. The van der Waals surface area contributed by atoms with Crippen LogP contribution >= 0.6 is 0 Å². The van der Waals surface area contributed by atoms with Crippen LogP contribution in [-0.2, 0) is 20.9 Å². The summed E-state index contributed by atoms with van der Waals surface area (Å²) in [6.45, 7) is 2.35. The molecule has 2 amide bonds. The van der Waals surface area contributed by atoms with Gasteiger partial charge in [0.15, 0.2) is 0 Å². The number of nitrogens with zero attached hydrogens (tertiary/aromatic N) is 2. The number of rotatable bonds is 5. The third-order valence-corrected chi connectivity index (χ3v) is 10.6. The number of carboxylic acids is 1. The van der Waals surface area contributed by atoms with Gasteiger partial charge in [-0.15, -0.1) is 0 Å². The number of benzene rings is 2. The normalized spacial score (nSPS) is 26.7. The molecule has 7 rings (SSSR count). The number of carboxylic acid groups (broad SMARTS) is 1. The molecule has 2 N–H and O–H groups in total. The maximum atomic E-state index is 14.4. The topological polar surface area (TPSA) is 127 Å². The van der Waals surface area contributed by atoms with Gasteiger partial charge >= 0.3 is 12.1 Å². The first-order chi connectivity index (χ1) is 23.8. The number of pyridine rings is 1. The average molecular weight is 666 g/mol. The molecule has 49 heavy (non-hydrogen) atoms. The van der Waals surface area contributed by atoms with Crippen LogP contribution in [0, 0.1) is 23.2 Å². The van der Waals surface area contributed by atoms with E-state index in [1.165, 1.54) is 4.90 Å². The lowest BCUT2D eigenvalue weighted by Gasteiger charge is -2.41. The SMILES string of the molecule is CC1([C@@H]2NC(=O)O[C@@H]3C[C@H]3CCCC#Cc3c(nc4ccccc4c3OCc3ccccc3)O[C@@H]3C[C@@H](C(=O)O)N(C3)C2=O)CCCCC1. The largest absolute Gasteiger partial charge is 0.487 e. The second-order valence-corrected chi connectivity index (χ2v) is 14.2. The molecule has 3 fully saturated rings. The van der Waals surface area contributed by atoms with Crippen molar-refractivity contribution < 1.29 is 33.7 Å². The molecule has 0 spiro atoms. The van der Waals surface area contributed by atoms with Crippen LogP contribution in [0.5, 0.6) is 11.6 Å². The highest BCUT2D eigenvalue weighted by atomic mass is 16.6. The highest BCUT2D eigenvalue weighted by molar-refractivity contribution is 5.91. The van der Waals surface area contributed by atoms with Gasteiger partial charge in [-0.05, 0) is 61.1 Å². The van der Waals surface area contributed by atoms with E-state index in [1.54, 1.807) is 0 Å². The zero-order valence-corrected chi connectivity index (χ0v) is 27.9. The van der Waals surface area contributed by atoms with Crippen molar-refractivity contribution in [3.8, 4) is 23.5 Å². The van der Waals surface area contributed by atoms with Crippen molar-refractivity contribution in [2.45, 2.75) is 102 Å². The van der Waals surface area contributed by atoms with E-state index in [4.69, 9.17) is 19.2 Å². The monoisotopic (exact) mass is 665 g/mol. The summed E-state index contributed by atoms with van der Waals surface area (Å²) in [5.74, 6) is 6.09. The smallest absolute Gasteiger partial charge is 0.408 e. The minimum absolute atomic E-state index is 0.0192. The van der Waals surface area contributed by atoms with Gasteiger partial charge in [0.1, 0.15) is 42.2 Å². The van der Waals surface area contributed by atoms with Crippen molar-refractivity contribution in [1.82, 2.24) is 15.2 Å². The molecule has 5 atom stereocenters. The van der Waals surface area contributed by atoms with E-state index in [1.807, 2.05) is 61.5 Å². The summed E-state index contributed by atoms with van der Waals surface area (Å²) in [6.07, 6.45) is 6.05. The highest BCUT2D eigenvalue weighted by Crippen LogP contribution is 2.42. The number of carbonyl (C=O) groups excluding carboxylic acids is 2. The van der Waals surface area contributed by atoms with Crippen molar-refractivity contribution in [1.29, 1.82) is 0 Å². The van der Waals surface area contributed by atoms with Crippen LogP contribution in [0.2, 0.25) is 0 Å². The number of hydrogen-bond acceptors (Lipinski definition) is 7. The van der Waals surface area contributed by atoms with Gasteiger partial charge in [-0.3, -0.25) is 4.79 Å². The summed E-state index contributed by atoms with van der Waals surface area (Å²) in [5, 5.41) is 14.0. The number of fused-ring (bicyclic) bond motifs is 5. The van der Waals surface area contributed by atoms with Crippen LogP contribution in [0.4, 0.5) is 4.79 Å². The average Bonchev–Trinajstić information content (AvgIpc) is 3.69. The van der Waals surface area contributed by atoms with Gasteiger partial charge in [-0.1, -0.05) is 80.5 Å². The van der Waals surface area contributed by atoms with Crippen LogP contribution < -0.4 is 14.8 Å². The van der Waals surface area contributed by atoms with Gasteiger partial charge in [0.25, 0.3) is 0 Å². The summed E-state index contributed by atoms with van der Waals surface area (Å²) in [4.78, 5) is 46.5. The van der Waals surface area contributed by atoms with Crippen molar-refractivity contribution in [2.24, 2.45) is 11.3 Å². The fourth-order valence-electron chi connectivity index (χ4n) is 7.66. The Hall–Kier alpha value is -4.78. The molecule has 1 saturated heterocycles. The molecule has 2 aromatic carbocycles. The van der Waals surface area contributed by atoms with Crippen LogP contribution in [0.15, 0.2) is 54.6 Å². The molecule has 1 aromatic heterocycles. The lowest BCUT2D eigenvalue weighted by Crippen LogP contribution is -2.58. The molecule has 10 heteroatoms. The molecule has 0 unspecified atom stereocenters. The van der Waals surface area contributed by atoms with E-state index < -0.39 is 41.6 Å². The number of aromatic nitrogens is 1. The molecular weight excluding hydrogens is 622 g/mol. The van der Waals surface area contributed by atoms with E-state index in [2.05, 4.69) is 17.2 Å². The second-order valence-electron chi connectivity index (χ2n) is 14.2. The molecule has 2 saturated carbocycles. The molecule has 4 aliphatic rings. The van der Waals surface area contributed by atoms with E-state index in [0.29, 0.717) is 29.9 Å². The van der Waals surface area contributed by atoms with Gasteiger partial charge in [-0.2, -0.15) is 0 Å². The number of hydrogen-bond donors (Lipinski definition) is 2. The summed E-state index contributed by atoms with van der Waals surface area (Å²) < 4.78 is 18.8. The molecule has 3 aromatic rings. The Kier molecular flexibility index (Phi) is 9.35. The minimum atomic E-state index is -1.14. The Balaban J connectivity index is 1.27. The highest BCUT2D eigenvalue weighted by Gasteiger charge is 2.49. The lowest BCUT2D eigenvalue weighted by atomic mass is 9.70. The van der Waals surface area contributed by atoms with Crippen molar-refractivity contribution in [2.75, 3.05) is 6.54 Å². The standard InChI is InChI=1S/C39H43N3O7/c1-39(19-11-4-12-20-39)34-36(43)42-23-27(22-31(42)37(44)45)48-35-29(17-8-3-7-15-26-21-32(26)49-38(46)41-34)33(28-16-9-10-18-30(28)40-35)47-24-25-13-5-2-6-14-25/h2,5-6,9-10,13-14,16,18,26-27,31-32,34H,3-4,7,11-12,15,19-24H2,1H3,(H,41,46)(H,44,45)/t26-,27-,31+,32-,34-/m1/s1. The van der Waals surface area contributed by atoms with Crippen LogP contribution in [0.1, 0.15) is 82.3 Å². The van der Waals surface area contributed by atoms with Crippen LogP contribution in [0.25, 0.3) is 10.9 Å². The third-order valence-electron chi connectivity index (χ3n) is 10.6. The minimum Gasteiger partial charge on any atom is -0.487 e. The van der Waals surface area contributed by atoms with Crippen LogP contribution in [-0.4, -0.2) is 63.8 Å². The number of nitrogens with one attached hydrogen (secondary N) is 1. The number of carbonyl (C=O) groups is 3. The zero-order chi connectivity index (χ0) is 34.0. The van der Waals surface area contributed by atoms with Crippen molar-refractivity contribution in [3.05, 3.63) is 65.7 Å². The summed E-state index contributed by atoms with van der Waals surface area (Å²) in [5.41, 5.74) is 1.62. The van der Waals surface area contributed by atoms with E-state index in [-0.39, 0.29) is 30.9 Å². The Morgan fingerprint density at radius 2 is 1.82 bits per heavy atom. The Morgan fingerprint density at radius 1 is 1.04 bits per heavy atom. The molecule has 0 radical (unpaired) electrons. The lowest BCUT2D eigenvalue weighted by molar-refractivity contribution is -0.150. The van der Waals surface area contributed by atoms with Gasteiger partial charge in [0, 0.05) is 18.2 Å². The zero-order valence-electron chi connectivity index (χ0n) is 27.9. The summed E-state index contributed by atoms with van der Waals surface area (Å²) in [7, 11) is 0. The Morgan fingerprint density at radius 3 is 2.61 bits per heavy atom. The van der Waals surface area contributed by atoms with Gasteiger partial charge in [0.05, 0.1) is 12.1 Å². The fraction of sp³-hybridized carbons (Fsp3) is 0.487.